The Hall–Kier alpha value is -1.86. The third-order valence-electron chi connectivity index (χ3n) is 2.61. The molecule has 20 heavy (non-hydrogen) atoms. The number of amides is 1. The van der Waals surface area contributed by atoms with Gasteiger partial charge in [0.1, 0.15) is 0 Å². The number of aromatic nitrogens is 3. The lowest BCUT2D eigenvalue weighted by Crippen LogP contribution is -2.14. The first kappa shape index (κ1) is 14.5. The summed E-state index contributed by atoms with van der Waals surface area (Å²) >= 11 is 1.28. The number of methoxy groups -OCH3 is 1. The van der Waals surface area contributed by atoms with Gasteiger partial charge >= 0.3 is 0 Å². The van der Waals surface area contributed by atoms with Crippen molar-refractivity contribution >= 4 is 17.7 Å². The van der Waals surface area contributed by atoms with Crippen LogP contribution in [-0.2, 0) is 16.1 Å². The molecule has 0 saturated heterocycles. The van der Waals surface area contributed by atoms with Gasteiger partial charge in [-0.2, -0.15) is 0 Å². The van der Waals surface area contributed by atoms with E-state index in [4.69, 9.17) is 10.5 Å². The summed E-state index contributed by atoms with van der Waals surface area (Å²) in [5, 5.41) is 9.00. The Bertz CT molecular complexity index is 571. The molecular weight excluding hydrogens is 276 g/mol. The second kappa shape index (κ2) is 7.06. The van der Waals surface area contributed by atoms with Crippen LogP contribution in [0.4, 0.5) is 0 Å². The topological polar surface area (TPSA) is 83.0 Å². The molecule has 0 radical (unpaired) electrons. The molecule has 6 nitrogen and oxygen atoms in total. The molecule has 0 fully saturated rings. The second-order valence-corrected chi connectivity index (χ2v) is 5.01. The molecule has 1 aromatic heterocycles. The lowest BCUT2D eigenvalue weighted by molar-refractivity contribution is -0.115. The van der Waals surface area contributed by atoms with Crippen molar-refractivity contribution in [1.29, 1.82) is 0 Å². The molecule has 7 heteroatoms. The second-order valence-electron chi connectivity index (χ2n) is 4.07. The van der Waals surface area contributed by atoms with E-state index >= 15 is 0 Å². The minimum atomic E-state index is -0.377. The minimum Gasteiger partial charge on any atom is -0.383 e. The third-order valence-corrected chi connectivity index (χ3v) is 3.60. The van der Waals surface area contributed by atoms with Crippen molar-refractivity contribution in [2.75, 3.05) is 19.5 Å². The Balaban J connectivity index is 2.29. The lowest BCUT2D eigenvalue weighted by Gasteiger charge is -2.09. The van der Waals surface area contributed by atoms with Gasteiger partial charge in [-0.15, -0.1) is 10.2 Å². The van der Waals surface area contributed by atoms with Gasteiger partial charge in [0.15, 0.2) is 11.0 Å². The molecule has 2 rings (SSSR count). The fraction of sp³-hybridized carbons (Fsp3) is 0.308. The van der Waals surface area contributed by atoms with Gasteiger partial charge in [-0.05, 0) is 0 Å². The van der Waals surface area contributed by atoms with Gasteiger partial charge in [0.05, 0.1) is 18.9 Å². The Kier molecular flexibility index (Phi) is 5.14. The molecule has 0 spiro atoms. The molecular formula is C13H16N4O2S. The number of thioether (sulfide) groups is 1. The Morgan fingerprint density at radius 2 is 2.10 bits per heavy atom. The molecule has 0 bridgehead atoms. The zero-order chi connectivity index (χ0) is 14.4. The first-order valence-corrected chi connectivity index (χ1v) is 7.09. The van der Waals surface area contributed by atoms with E-state index in [9.17, 15) is 4.79 Å². The number of carbonyl (C=O) groups excluding carboxylic acids is 1. The Labute approximate surface area is 121 Å². The van der Waals surface area contributed by atoms with E-state index in [-0.39, 0.29) is 11.7 Å². The highest BCUT2D eigenvalue weighted by Gasteiger charge is 2.14. The summed E-state index contributed by atoms with van der Waals surface area (Å²) in [7, 11) is 1.64. The van der Waals surface area contributed by atoms with Gasteiger partial charge in [-0.25, -0.2) is 0 Å². The van der Waals surface area contributed by atoms with Crippen molar-refractivity contribution in [2.24, 2.45) is 5.73 Å². The molecule has 0 atom stereocenters. The van der Waals surface area contributed by atoms with Gasteiger partial charge in [-0.3, -0.25) is 9.36 Å². The summed E-state index contributed by atoms with van der Waals surface area (Å²) in [6.45, 7) is 1.16. The zero-order valence-corrected chi connectivity index (χ0v) is 12.0. The number of hydrogen-bond acceptors (Lipinski definition) is 5. The molecule has 1 aromatic carbocycles. The van der Waals surface area contributed by atoms with Gasteiger partial charge in [0, 0.05) is 12.7 Å². The average molecular weight is 292 g/mol. The molecule has 0 unspecified atom stereocenters. The number of carbonyl (C=O) groups is 1. The molecule has 2 aromatic rings. The van der Waals surface area contributed by atoms with Crippen LogP contribution in [0.3, 0.4) is 0 Å². The maximum absolute atomic E-state index is 10.9. The fourth-order valence-electron chi connectivity index (χ4n) is 1.72. The summed E-state index contributed by atoms with van der Waals surface area (Å²) in [6, 6.07) is 9.77. The molecule has 2 N–H and O–H groups in total. The summed E-state index contributed by atoms with van der Waals surface area (Å²) < 4.78 is 7.05. The molecule has 106 valence electrons. The fourth-order valence-corrected chi connectivity index (χ4v) is 2.42. The molecule has 0 saturated carbocycles. The monoisotopic (exact) mass is 292 g/mol. The maximum atomic E-state index is 10.9. The maximum Gasteiger partial charge on any atom is 0.227 e. The number of nitrogens with zero attached hydrogens (tertiary/aromatic N) is 3. The van der Waals surface area contributed by atoms with Crippen molar-refractivity contribution in [2.45, 2.75) is 11.7 Å². The van der Waals surface area contributed by atoms with E-state index in [0.29, 0.717) is 18.3 Å². The van der Waals surface area contributed by atoms with Crippen molar-refractivity contribution in [1.82, 2.24) is 14.8 Å². The predicted molar refractivity (Wildman–Crippen MR) is 77.3 cm³/mol. The molecule has 0 aliphatic carbocycles. The molecule has 1 heterocycles. The van der Waals surface area contributed by atoms with E-state index < -0.39 is 0 Å². The Morgan fingerprint density at radius 3 is 2.75 bits per heavy atom. The zero-order valence-electron chi connectivity index (χ0n) is 11.2. The van der Waals surface area contributed by atoms with Crippen molar-refractivity contribution < 1.29 is 9.53 Å². The van der Waals surface area contributed by atoms with Crippen LogP contribution in [-0.4, -0.2) is 40.1 Å². The Morgan fingerprint density at radius 1 is 1.35 bits per heavy atom. The predicted octanol–water partition coefficient (Wildman–Crippen LogP) is 1.17. The van der Waals surface area contributed by atoms with Crippen molar-refractivity contribution in [3.63, 3.8) is 0 Å². The summed E-state index contributed by atoms with van der Waals surface area (Å²) in [6.07, 6.45) is 0. The average Bonchev–Trinajstić information content (AvgIpc) is 2.86. The van der Waals surface area contributed by atoms with Crippen LogP contribution in [0.5, 0.6) is 0 Å². The first-order chi connectivity index (χ1) is 9.72. The third kappa shape index (κ3) is 3.58. The summed E-state index contributed by atoms with van der Waals surface area (Å²) in [4.78, 5) is 10.9. The van der Waals surface area contributed by atoms with Crippen LogP contribution in [0.2, 0.25) is 0 Å². The number of primary amides is 1. The smallest absolute Gasteiger partial charge is 0.227 e. The standard InChI is InChI=1S/C13H16N4O2S/c1-19-8-7-17-12(10-5-3-2-4-6-10)15-16-13(17)20-9-11(14)18/h2-6H,7-9H2,1H3,(H2,14,18). The van der Waals surface area contributed by atoms with E-state index in [1.165, 1.54) is 11.8 Å². The van der Waals surface area contributed by atoms with Crippen molar-refractivity contribution in [3.8, 4) is 11.4 Å². The van der Waals surface area contributed by atoms with Gasteiger partial charge in [0.25, 0.3) is 0 Å². The number of hydrogen-bond donors (Lipinski definition) is 1. The number of rotatable bonds is 7. The molecule has 0 aliphatic rings. The largest absolute Gasteiger partial charge is 0.383 e. The van der Waals surface area contributed by atoms with Crippen LogP contribution >= 0.6 is 11.8 Å². The SMILES string of the molecule is COCCn1c(SCC(N)=O)nnc1-c1ccccc1. The minimum absolute atomic E-state index is 0.180. The van der Waals surface area contributed by atoms with E-state index in [0.717, 1.165) is 11.4 Å². The van der Waals surface area contributed by atoms with Crippen molar-refractivity contribution in [3.05, 3.63) is 30.3 Å². The van der Waals surface area contributed by atoms with Gasteiger partial charge < -0.3 is 10.5 Å². The first-order valence-electron chi connectivity index (χ1n) is 6.11. The van der Waals surface area contributed by atoms with Crippen LogP contribution in [0.15, 0.2) is 35.5 Å². The number of nitrogens with two attached hydrogens (primary N) is 1. The highest BCUT2D eigenvalue weighted by atomic mass is 32.2. The molecule has 0 aliphatic heterocycles. The van der Waals surface area contributed by atoms with Gasteiger partial charge in [0.2, 0.25) is 5.91 Å². The van der Waals surface area contributed by atoms with E-state index in [1.807, 2.05) is 34.9 Å². The van der Waals surface area contributed by atoms with Gasteiger partial charge in [-0.1, -0.05) is 42.1 Å². The van der Waals surface area contributed by atoms with Crippen LogP contribution in [0.25, 0.3) is 11.4 Å². The summed E-state index contributed by atoms with van der Waals surface area (Å²) in [5.74, 6) is 0.562. The van der Waals surface area contributed by atoms with E-state index in [1.54, 1.807) is 7.11 Å². The molecule has 1 amide bonds. The van der Waals surface area contributed by atoms with E-state index in [2.05, 4.69) is 10.2 Å². The number of benzene rings is 1. The van der Waals surface area contributed by atoms with Crippen LogP contribution in [0.1, 0.15) is 0 Å². The quantitative estimate of drug-likeness (QED) is 0.774. The van der Waals surface area contributed by atoms with Crippen LogP contribution in [0, 0.1) is 0 Å². The highest BCUT2D eigenvalue weighted by Crippen LogP contribution is 2.23. The summed E-state index contributed by atoms with van der Waals surface area (Å²) in [5.41, 5.74) is 6.14. The highest BCUT2D eigenvalue weighted by molar-refractivity contribution is 7.99. The van der Waals surface area contributed by atoms with Crippen LogP contribution < -0.4 is 5.73 Å². The normalized spacial score (nSPS) is 10.7. The number of ether oxygens (including phenoxy) is 1. The lowest BCUT2D eigenvalue weighted by atomic mass is 10.2.